The Labute approximate surface area is 134 Å². The van der Waals surface area contributed by atoms with E-state index >= 15 is 0 Å². The highest BCUT2D eigenvalue weighted by Crippen LogP contribution is 2.31. The Bertz CT molecular complexity index is 735. The number of carbonyl (C=O) groups is 1. The average molecular weight is 317 g/mol. The predicted octanol–water partition coefficient (Wildman–Crippen LogP) is 3.76. The summed E-state index contributed by atoms with van der Waals surface area (Å²) >= 11 is 0. The molecule has 0 unspecified atom stereocenters. The molecule has 1 aromatic carbocycles. The van der Waals surface area contributed by atoms with Crippen LogP contribution in [0.4, 0.5) is 10.5 Å². The summed E-state index contributed by atoms with van der Waals surface area (Å²) in [7, 11) is 0. The van der Waals surface area contributed by atoms with Gasteiger partial charge in [0.15, 0.2) is 5.75 Å². The molecule has 7 heteroatoms. The van der Waals surface area contributed by atoms with Crippen LogP contribution in [0.1, 0.15) is 27.7 Å². The third-order valence-electron chi connectivity index (χ3n) is 3.43. The van der Waals surface area contributed by atoms with E-state index in [2.05, 4.69) is 4.98 Å². The van der Waals surface area contributed by atoms with E-state index in [0.717, 1.165) is 0 Å². The van der Waals surface area contributed by atoms with Crippen LogP contribution in [0.15, 0.2) is 30.5 Å². The minimum absolute atomic E-state index is 0.0280. The molecule has 0 aliphatic heterocycles. The lowest BCUT2D eigenvalue weighted by Gasteiger charge is -2.29. The number of ether oxygens (including phenoxy) is 1. The quantitative estimate of drug-likeness (QED) is 0.633. The standard InChI is InChI=1S/C16H19N3O4/c1-10(2)18(11(3)4)16(20)23-14-8-7-13(19(21)22)12-6-5-9-17-15(12)14/h5-11H,1-4H3. The first-order chi connectivity index (χ1) is 10.8. The fraction of sp³-hybridized carbons (Fsp3) is 0.375. The maximum atomic E-state index is 12.4. The van der Waals surface area contributed by atoms with Gasteiger partial charge in [0.2, 0.25) is 0 Å². The van der Waals surface area contributed by atoms with Crippen LogP contribution in [0.25, 0.3) is 10.9 Å². The first-order valence-corrected chi connectivity index (χ1v) is 7.35. The number of hydrogen-bond acceptors (Lipinski definition) is 5. The zero-order valence-corrected chi connectivity index (χ0v) is 13.5. The summed E-state index contributed by atoms with van der Waals surface area (Å²) in [6.45, 7) is 7.59. The molecule has 0 fully saturated rings. The van der Waals surface area contributed by atoms with Crippen LogP contribution in [0.2, 0.25) is 0 Å². The van der Waals surface area contributed by atoms with Crippen LogP contribution in [0.3, 0.4) is 0 Å². The Balaban J connectivity index is 2.43. The third-order valence-corrected chi connectivity index (χ3v) is 3.43. The van der Waals surface area contributed by atoms with Crippen LogP contribution in [-0.4, -0.2) is 33.0 Å². The lowest BCUT2D eigenvalue weighted by Crippen LogP contribution is -2.43. The number of pyridine rings is 1. The second-order valence-electron chi connectivity index (χ2n) is 5.70. The molecule has 1 aromatic heterocycles. The van der Waals surface area contributed by atoms with Gasteiger partial charge in [-0.15, -0.1) is 0 Å². The Morgan fingerprint density at radius 2 is 1.87 bits per heavy atom. The maximum Gasteiger partial charge on any atom is 0.415 e. The van der Waals surface area contributed by atoms with E-state index in [9.17, 15) is 14.9 Å². The SMILES string of the molecule is CC(C)N(C(=O)Oc1ccc([N+](=O)[O-])c2cccnc12)C(C)C. The van der Waals surface area contributed by atoms with E-state index in [-0.39, 0.29) is 23.5 Å². The number of nitro groups is 1. The summed E-state index contributed by atoms with van der Waals surface area (Å²) in [6, 6.07) is 5.86. The Kier molecular flexibility index (Phi) is 4.78. The van der Waals surface area contributed by atoms with Crippen molar-refractivity contribution < 1.29 is 14.5 Å². The van der Waals surface area contributed by atoms with Crippen molar-refractivity contribution in [1.82, 2.24) is 9.88 Å². The van der Waals surface area contributed by atoms with Crippen molar-refractivity contribution in [2.24, 2.45) is 0 Å². The lowest BCUT2D eigenvalue weighted by atomic mass is 10.1. The van der Waals surface area contributed by atoms with Gasteiger partial charge in [-0.05, 0) is 45.9 Å². The predicted molar refractivity (Wildman–Crippen MR) is 86.5 cm³/mol. The van der Waals surface area contributed by atoms with E-state index in [1.807, 2.05) is 27.7 Å². The normalized spacial score (nSPS) is 11.0. The van der Waals surface area contributed by atoms with Gasteiger partial charge in [0.05, 0.1) is 10.3 Å². The topological polar surface area (TPSA) is 85.6 Å². The van der Waals surface area contributed by atoms with Crippen molar-refractivity contribution in [3.8, 4) is 5.75 Å². The zero-order valence-electron chi connectivity index (χ0n) is 13.5. The maximum absolute atomic E-state index is 12.4. The van der Waals surface area contributed by atoms with E-state index in [0.29, 0.717) is 10.9 Å². The van der Waals surface area contributed by atoms with Crippen molar-refractivity contribution in [2.75, 3.05) is 0 Å². The Hall–Kier alpha value is -2.70. The summed E-state index contributed by atoms with van der Waals surface area (Å²) in [5.41, 5.74) is 0.222. The van der Waals surface area contributed by atoms with Crippen molar-refractivity contribution >= 4 is 22.7 Å². The molecule has 2 rings (SSSR count). The number of fused-ring (bicyclic) bond motifs is 1. The first-order valence-electron chi connectivity index (χ1n) is 7.35. The number of rotatable bonds is 4. The smallest absolute Gasteiger partial charge is 0.408 e. The van der Waals surface area contributed by atoms with Gasteiger partial charge in [-0.2, -0.15) is 0 Å². The van der Waals surface area contributed by atoms with Crippen molar-refractivity contribution in [1.29, 1.82) is 0 Å². The molecule has 2 aromatic rings. The summed E-state index contributed by atoms with van der Waals surface area (Å²) in [6.07, 6.45) is 1.00. The number of carbonyl (C=O) groups excluding carboxylic acids is 1. The number of aromatic nitrogens is 1. The highest BCUT2D eigenvalue weighted by Gasteiger charge is 2.24. The molecule has 0 atom stereocenters. The van der Waals surface area contributed by atoms with Crippen molar-refractivity contribution in [3.63, 3.8) is 0 Å². The lowest BCUT2D eigenvalue weighted by molar-refractivity contribution is -0.383. The molecular weight excluding hydrogens is 298 g/mol. The van der Waals surface area contributed by atoms with Crippen LogP contribution >= 0.6 is 0 Å². The van der Waals surface area contributed by atoms with Crippen LogP contribution in [-0.2, 0) is 0 Å². The molecule has 0 bridgehead atoms. The summed E-state index contributed by atoms with van der Waals surface area (Å²) in [5.74, 6) is 0.211. The van der Waals surface area contributed by atoms with E-state index in [1.165, 1.54) is 18.3 Å². The molecule has 0 spiro atoms. The number of non-ortho nitro benzene ring substituents is 1. The molecule has 0 saturated heterocycles. The molecule has 0 aliphatic rings. The van der Waals surface area contributed by atoms with Gasteiger partial charge in [-0.25, -0.2) is 4.79 Å². The van der Waals surface area contributed by atoms with E-state index in [1.54, 1.807) is 17.0 Å². The van der Waals surface area contributed by atoms with Crippen LogP contribution in [0.5, 0.6) is 5.75 Å². The van der Waals surface area contributed by atoms with Crippen molar-refractivity contribution in [3.05, 3.63) is 40.6 Å². The highest BCUT2D eigenvalue weighted by atomic mass is 16.6. The fourth-order valence-electron chi connectivity index (χ4n) is 2.54. The first kappa shape index (κ1) is 16.7. The van der Waals surface area contributed by atoms with Gasteiger partial charge in [0.1, 0.15) is 5.52 Å². The van der Waals surface area contributed by atoms with Crippen molar-refractivity contribution in [2.45, 2.75) is 39.8 Å². The monoisotopic (exact) mass is 317 g/mol. The molecule has 0 aliphatic carbocycles. The van der Waals surface area contributed by atoms with Crippen LogP contribution in [0, 0.1) is 10.1 Å². The van der Waals surface area contributed by atoms with Gasteiger partial charge in [-0.1, -0.05) is 0 Å². The minimum Gasteiger partial charge on any atom is -0.408 e. The number of nitro benzene ring substituents is 1. The van der Waals surface area contributed by atoms with Gasteiger partial charge >= 0.3 is 6.09 Å². The zero-order chi connectivity index (χ0) is 17.1. The summed E-state index contributed by atoms with van der Waals surface area (Å²) < 4.78 is 5.45. The average Bonchev–Trinajstić information content (AvgIpc) is 2.46. The fourth-order valence-corrected chi connectivity index (χ4v) is 2.54. The molecule has 0 N–H and O–H groups in total. The van der Waals surface area contributed by atoms with Gasteiger partial charge in [-0.3, -0.25) is 15.1 Å². The van der Waals surface area contributed by atoms with Gasteiger partial charge in [0, 0.05) is 24.3 Å². The molecular formula is C16H19N3O4. The number of nitrogens with zero attached hydrogens (tertiary/aromatic N) is 3. The molecule has 0 radical (unpaired) electrons. The second kappa shape index (κ2) is 6.60. The molecule has 0 saturated carbocycles. The highest BCUT2D eigenvalue weighted by molar-refractivity contribution is 5.93. The molecule has 122 valence electrons. The number of hydrogen-bond donors (Lipinski definition) is 0. The largest absolute Gasteiger partial charge is 0.415 e. The van der Waals surface area contributed by atoms with Gasteiger partial charge in [0.25, 0.3) is 5.69 Å². The Morgan fingerprint density at radius 3 is 2.43 bits per heavy atom. The molecule has 23 heavy (non-hydrogen) atoms. The molecule has 7 nitrogen and oxygen atoms in total. The van der Waals surface area contributed by atoms with E-state index in [4.69, 9.17) is 4.74 Å². The third kappa shape index (κ3) is 3.39. The Morgan fingerprint density at radius 1 is 1.22 bits per heavy atom. The number of benzene rings is 1. The number of amides is 1. The molecule has 1 heterocycles. The minimum atomic E-state index is -0.504. The second-order valence-corrected chi connectivity index (χ2v) is 5.70. The van der Waals surface area contributed by atoms with E-state index < -0.39 is 11.0 Å². The van der Waals surface area contributed by atoms with Gasteiger partial charge < -0.3 is 9.64 Å². The molecule has 1 amide bonds. The van der Waals surface area contributed by atoms with Crippen LogP contribution < -0.4 is 4.74 Å². The summed E-state index contributed by atoms with van der Waals surface area (Å²) in [4.78, 5) is 28.7. The summed E-state index contributed by atoms with van der Waals surface area (Å²) in [5, 5.41) is 11.4.